The van der Waals surface area contributed by atoms with Crippen molar-refractivity contribution in [3.8, 4) is 0 Å². The first-order chi connectivity index (χ1) is 12.2. The van der Waals surface area contributed by atoms with Gasteiger partial charge in [0.2, 0.25) is 0 Å². The molecule has 2 N–H and O–H groups in total. The van der Waals surface area contributed by atoms with E-state index in [2.05, 4.69) is 29.5 Å². The monoisotopic (exact) mass is 515 g/mol. The summed E-state index contributed by atoms with van der Waals surface area (Å²) >= 11 is 0. The normalized spacial score (nSPS) is 12.0. The highest BCUT2D eigenvalue weighted by Gasteiger charge is 2.10. The molecule has 1 aromatic rings. The second-order valence-corrected chi connectivity index (χ2v) is 8.71. The molecule has 0 aromatic heterocycles. The van der Waals surface area contributed by atoms with Gasteiger partial charge in [-0.2, -0.15) is 0 Å². The van der Waals surface area contributed by atoms with Crippen LogP contribution in [-0.2, 0) is 26.9 Å². The van der Waals surface area contributed by atoms with Crippen molar-refractivity contribution in [2.24, 2.45) is 10.9 Å². The summed E-state index contributed by atoms with van der Waals surface area (Å²) < 4.78 is 42.2. The first-order valence-corrected chi connectivity index (χ1v) is 10.8. The fourth-order valence-electron chi connectivity index (χ4n) is 2.23. The van der Waals surface area contributed by atoms with E-state index in [-0.39, 0.29) is 36.3 Å². The lowest BCUT2D eigenvalue weighted by atomic mass is 10.1. The Kier molecular flexibility index (Phi) is 12.8. The fraction of sp³-hybridized carbons (Fsp3) is 0.611. The number of hydrogen-bond donors (Lipinski definition) is 2. The predicted molar refractivity (Wildman–Crippen MR) is 119 cm³/mol. The minimum Gasteiger partial charge on any atom is -0.379 e. The van der Waals surface area contributed by atoms with Crippen molar-refractivity contribution < 1.29 is 17.5 Å². The average molecular weight is 515 g/mol. The van der Waals surface area contributed by atoms with Crippen LogP contribution >= 0.6 is 24.0 Å². The molecule has 0 unspecified atom stereocenters. The average Bonchev–Trinajstić information content (AvgIpc) is 2.52. The van der Waals surface area contributed by atoms with Crippen LogP contribution in [0.1, 0.15) is 31.9 Å². The Morgan fingerprint density at radius 2 is 1.96 bits per heavy atom. The number of rotatable bonds is 10. The van der Waals surface area contributed by atoms with Crippen LogP contribution in [0.25, 0.3) is 0 Å². The maximum Gasteiger partial charge on any atom is 0.191 e. The smallest absolute Gasteiger partial charge is 0.191 e. The van der Waals surface area contributed by atoms with E-state index in [4.69, 9.17) is 4.74 Å². The van der Waals surface area contributed by atoms with Gasteiger partial charge in [0, 0.05) is 26.0 Å². The maximum atomic E-state index is 13.6. The number of sulfone groups is 1. The van der Waals surface area contributed by atoms with Gasteiger partial charge in [-0.1, -0.05) is 19.9 Å². The third-order valence-corrected chi connectivity index (χ3v) is 4.16. The van der Waals surface area contributed by atoms with Gasteiger partial charge < -0.3 is 15.4 Å². The Balaban J connectivity index is 0.00000676. The molecule has 27 heavy (non-hydrogen) atoms. The van der Waals surface area contributed by atoms with E-state index in [9.17, 15) is 12.8 Å². The van der Waals surface area contributed by atoms with Gasteiger partial charge in [-0.15, -0.1) is 24.0 Å². The zero-order chi connectivity index (χ0) is 19.6. The minimum atomic E-state index is -3.21. The number of benzene rings is 1. The Labute approximate surface area is 179 Å². The van der Waals surface area contributed by atoms with Crippen molar-refractivity contribution in [3.63, 3.8) is 0 Å². The molecule has 0 spiro atoms. The molecule has 1 aromatic carbocycles. The predicted octanol–water partition coefficient (Wildman–Crippen LogP) is 2.72. The molecule has 1 rings (SSSR count). The molecule has 0 atom stereocenters. The van der Waals surface area contributed by atoms with Gasteiger partial charge in [0.15, 0.2) is 15.8 Å². The standard InChI is InChI=1S/C18H30FN3O3S.HI/c1-5-20-18(21-8-9-25-12-14(2)3)22-11-16-10-17(19)7-6-15(16)13-26(4,23)24;/h6-7,10,14H,5,8-9,11-13H2,1-4H3,(H2,20,21,22);1H. The molecule has 0 aliphatic rings. The molecular weight excluding hydrogens is 484 g/mol. The molecule has 0 aliphatic carbocycles. The lowest BCUT2D eigenvalue weighted by molar-refractivity contribution is 0.114. The molecule has 0 saturated heterocycles. The number of hydrogen-bond acceptors (Lipinski definition) is 4. The van der Waals surface area contributed by atoms with Crippen molar-refractivity contribution in [2.45, 2.75) is 33.1 Å². The van der Waals surface area contributed by atoms with Gasteiger partial charge in [-0.3, -0.25) is 0 Å². The van der Waals surface area contributed by atoms with E-state index < -0.39 is 15.7 Å². The maximum absolute atomic E-state index is 13.6. The van der Waals surface area contributed by atoms with E-state index >= 15 is 0 Å². The van der Waals surface area contributed by atoms with Crippen LogP contribution in [0.2, 0.25) is 0 Å². The number of nitrogens with one attached hydrogen (secondary N) is 2. The molecule has 0 radical (unpaired) electrons. The SMILES string of the molecule is CCNC(=NCc1cc(F)ccc1CS(C)(=O)=O)NCCOCC(C)C.I. The first kappa shape index (κ1) is 26.1. The van der Waals surface area contributed by atoms with E-state index in [1.165, 1.54) is 18.2 Å². The van der Waals surface area contributed by atoms with Crippen LogP contribution in [0.5, 0.6) is 0 Å². The summed E-state index contributed by atoms with van der Waals surface area (Å²) in [5, 5.41) is 6.26. The van der Waals surface area contributed by atoms with Crippen molar-refractivity contribution in [1.82, 2.24) is 10.6 Å². The quantitative estimate of drug-likeness (QED) is 0.217. The second kappa shape index (κ2) is 13.3. The summed E-state index contributed by atoms with van der Waals surface area (Å²) in [6.45, 7) is 8.85. The number of ether oxygens (including phenoxy) is 1. The molecule has 0 fully saturated rings. The highest BCUT2D eigenvalue weighted by molar-refractivity contribution is 14.0. The lowest BCUT2D eigenvalue weighted by Crippen LogP contribution is -2.39. The molecular formula is C18H31FIN3O3S. The molecule has 6 nitrogen and oxygen atoms in total. The number of nitrogens with zero attached hydrogens (tertiary/aromatic N) is 1. The van der Waals surface area contributed by atoms with E-state index in [0.29, 0.717) is 49.3 Å². The third kappa shape index (κ3) is 12.2. The molecule has 0 heterocycles. The zero-order valence-electron chi connectivity index (χ0n) is 16.4. The Bertz CT molecular complexity index is 697. The van der Waals surface area contributed by atoms with Gasteiger partial charge in [0.05, 0.1) is 18.9 Å². The highest BCUT2D eigenvalue weighted by Crippen LogP contribution is 2.15. The van der Waals surface area contributed by atoms with Gasteiger partial charge in [0.1, 0.15) is 5.82 Å². The van der Waals surface area contributed by atoms with Crippen molar-refractivity contribution >= 4 is 39.8 Å². The largest absolute Gasteiger partial charge is 0.379 e. The lowest BCUT2D eigenvalue weighted by Gasteiger charge is -2.13. The van der Waals surface area contributed by atoms with Crippen LogP contribution in [0.4, 0.5) is 4.39 Å². The van der Waals surface area contributed by atoms with Gasteiger partial charge >= 0.3 is 0 Å². The van der Waals surface area contributed by atoms with Crippen LogP contribution in [0.3, 0.4) is 0 Å². The Morgan fingerprint density at radius 3 is 2.56 bits per heavy atom. The summed E-state index contributed by atoms with van der Waals surface area (Å²) in [6, 6.07) is 4.10. The van der Waals surface area contributed by atoms with Crippen LogP contribution in [0.15, 0.2) is 23.2 Å². The third-order valence-electron chi connectivity index (χ3n) is 3.33. The topological polar surface area (TPSA) is 79.8 Å². The number of guanidine groups is 1. The molecule has 0 aliphatic heterocycles. The molecule has 0 saturated carbocycles. The highest BCUT2D eigenvalue weighted by atomic mass is 127. The van der Waals surface area contributed by atoms with Crippen LogP contribution < -0.4 is 10.6 Å². The summed E-state index contributed by atoms with van der Waals surface area (Å²) in [5.74, 6) is 0.520. The molecule has 0 bridgehead atoms. The summed E-state index contributed by atoms with van der Waals surface area (Å²) in [6.07, 6.45) is 1.16. The summed E-state index contributed by atoms with van der Waals surface area (Å²) in [4.78, 5) is 4.43. The van der Waals surface area contributed by atoms with Crippen molar-refractivity contribution in [2.75, 3.05) is 32.6 Å². The molecule has 0 amide bonds. The fourth-order valence-corrected chi connectivity index (χ4v) is 3.08. The molecule has 9 heteroatoms. The van der Waals surface area contributed by atoms with Gasteiger partial charge in [-0.05, 0) is 36.1 Å². The number of halogens is 2. The second-order valence-electron chi connectivity index (χ2n) is 6.57. The van der Waals surface area contributed by atoms with E-state index in [0.717, 1.165) is 6.26 Å². The summed E-state index contributed by atoms with van der Waals surface area (Å²) in [7, 11) is -3.21. The van der Waals surface area contributed by atoms with E-state index in [1.54, 1.807) is 0 Å². The summed E-state index contributed by atoms with van der Waals surface area (Å²) in [5.41, 5.74) is 1.12. The van der Waals surface area contributed by atoms with Crippen molar-refractivity contribution in [1.29, 1.82) is 0 Å². The minimum absolute atomic E-state index is 0. The molecule has 156 valence electrons. The Hall–Kier alpha value is -0.940. The Morgan fingerprint density at radius 1 is 1.26 bits per heavy atom. The van der Waals surface area contributed by atoms with Crippen molar-refractivity contribution in [3.05, 3.63) is 35.1 Å². The zero-order valence-corrected chi connectivity index (χ0v) is 19.6. The van der Waals surface area contributed by atoms with Crippen LogP contribution in [0, 0.1) is 11.7 Å². The first-order valence-electron chi connectivity index (χ1n) is 8.76. The van der Waals surface area contributed by atoms with Gasteiger partial charge in [-0.25, -0.2) is 17.8 Å². The van der Waals surface area contributed by atoms with E-state index in [1.807, 2.05) is 6.92 Å². The van der Waals surface area contributed by atoms with Crippen LogP contribution in [-0.4, -0.2) is 46.9 Å². The van der Waals surface area contributed by atoms with Gasteiger partial charge in [0.25, 0.3) is 0 Å². The number of aliphatic imine (C=N–C) groups is 1.